The first-order valence-electron chi connectivity index (χ1n) is 13.0. The van der Waals surface area contributed by atoms with E-state index >= 15 is 0 Å². The van der Waals surface area contributed by atoms with Crippen LogP contribution in [0.4, 0.5) is 17.6 Å². The van der Waals surface area contributed by atoms with E-state index in [0.717, 1.165) is 32.9 Å². The number of benzene rings is 3. The summed E-state index contributed by atoms with van der Waals surface area (Å²) in [6.45, 7) is 4.40. The Bertz CT molecular complexity index is 1690. The number of halogens is 4. The molecule has 0 fully saturated rings. The van der Waals surface area contributed by atoms with Gasteiger partial charge < -0.3 is 10.5 Å². The molecule has 0 spiro atoms. The van der Waals surface area contributed by atoms with Gasteiger partial charge in [0, 0.05) is 16.8 Å². The van der Waals surface area contributed by atoms with E-state index in [1.807, 2.05) is 19.9 Å². The zero-order chi connectivity index (χ0) is 30.1. The molecule has 1 unspecified atom stereocenters. The second kappa shape index (κ2) is 11.7. The summed E-state index contributed by atoms with van der Waals surface area (Å²) in [4.78, 5) is 27.7. The molecule has 4 rings (SSSR count). The summed E-state index contributed by atoms with van der Waals surface area (Å²) < 4.78 is 63.6. The second-order valence-electron chi connectivity index (χ2n) is 10.1. The van der Waals surface area contributed by atoms with Crippen molar-refractivity contribution in [2.24, 2.45) is 5.73 Å². The van der Waals surface area contributed by atoms with Gasteiger partial charge in [-0.25, -0.2) is 9.18 Å². The summed E-state index contributed by atoms with van der Waals surface area (Å²) in [5.74, 6) is -0.542. The van der Waals surface area contributed by atoms with Gasteiger partial charge in [0.15, 0.2) is 0 Å². The second-order valence-corrected chi connectivity index (χ2v) is 10.1. The van der Waals surface area contributed by atoms with Crippen molar-refractivity contribution in [1.29, 1.82) is 0 Å². The maximum absolute atomic E-state index is 14.9. The molecule has 216 valence electrons. The average Bonchev–Trinajstić information content (AvgIpc) is 2.93. The highest BCUT2D eigenvalue weighted by molar-refractivity contribution is 5.66. The lowest BCUT2D eigenvalue weighted by atomic mass is 9.97. The van der Waals surface area contributed by atoms with Crippen LogP contribution >= 0.6 is 0 Å². The van der Waals surface area contributed by atoms with Gasteiger partial charge in [-0.05, 0) is 42.2 Å². The molecule has 2 N–H and O–H groups in total. The molecule has 0 radical (unpaired) electrons. The monoisotopic (exact) mass is 569 g/mol. The highest BCUT2D eigenvalue weighted by atomic mass is 19.4. The van der Waals surface area contributed by atoms with Crippen molar-refractivity contribution in [2.45, 2.75) is 52.0 Å². The van der Waals surface area contributed by atoms with Crippen LogP contribution in [0.25, 0.3) is 11.1 Å². The fourth-order valence-corrected chi connectivity index (χ4v) is 4.94. The van der Waals surface area contributed by atoms with Crippen LogP contribution < -0.4 is 21.7 Å². The summed E-state index contributed by atoms with van der Waals surface area (Å²) in [7, 11) is 1.46. The van der Waals surface area contributed by atoms with Gasteiger partial charge in [0.1, 0.15) is 11.6 Å². The molecule has 0 saturated heterocycles. The molecule has 4 aromatic rings. The lowest BCUT2D eigenvalue weighted by Gasteiger charge is -2.22. The van der Waals surface area contributed by atoms with Crippen LogP contribution in [0, 0.1) is 12.7 Å². The van der Waals surface area contributed by atoms with E-state index in [0.29, 0.717) is 16.9 Å². The van der Waals surface area contributed by atoms with Crippen LogP contribution in [-0.4, -0.2) is 16.2 Å². The molecule has 3 aromatic carbocycles. The number of nitrogens with zero attached hydrogens (tertiary/aromatic N) is 2. The smallest absolute Gasteiger partial charge is 0.416 e. The van der Waals surface area contributed by atoms with Gasteiger partial charge in [-0.2, -0.15) is 13.2 Å². The third kappa shape index (κ3) is 5.97. The first-order valence-corrected chi connectivity index (χ1v) is 13.0. The molecule has 0 bridgehead atoms. The molecule has 0 aliphatic heterocycles. The normalized spacial score (nSPS) is 12.5. The van der Waals surface area contributed by atoms with Crippen LogP contribution in [0.1, 0.15) is 53.8 Å². The quantitative estimate of drug-likeness (QED) is 0.263. The van der Waals surface area contributed by atoms with Gasteiger partial charge in [0.05, 0.1) is 37.4 Å². The minimum absolute atomic E-state index is 0.111. The molecule has 0 aliphatic rings. The number of aromatic nitrogens is 2. The van der Waals surface area contributed by atoms with E-state index in [1.165, 1.54) is 14.0 Å². The Labute approximate surface area is 234 Å². The van der Waals surface area contributed by atoms with Crippen LogP contribution in [0.3, 0.4) is 0 Å². The van der Waals surface area contributed by atoms with E-state index in [-0.39, 0.29) is 23.7 Å². The minimum atomic E-state index is -4.86. The number of alkyl halides is 3. The Morgan fingerprint density at radius 2 is 1.63 bits per heavy atom. The van der Waals surface area contributed by atoms with Crippen LogP contribution in [0.2, 0.25) is 0 Å². The molecule has 1 aromatic heterocycles. The van der Waals surface area contributed by atoms with Gasteiger partial charge in [-0.1, -0.05) is 62.4 Å². The molecular weight excluding hydrogens is 538 g/mol. The number of methoxy groups -OCH3 is 1. The van der Waals surface area contributed by atoms with Gasteiger partial charge in [0.2, 0.25) is 0 Å². The first-order chi connectivity index (χ1) is 19.3. The standard InChI is InChI=1S/C31H31F4N3O3/c1-18(2)20-9-7-10-21(15-20)28-19(3)37(16-23-24(31(33,34)35)12-8-13-25(23)32)30(40)38(29(28)39)17-26(36)22-11-5-6-14-27(22)41-4/h5-15,18,26H,16-17,36H2,1-4H3. The van der Waals surface area contributed by atoms with E-state index in [2.05, 4.69) is 0 Å². The SMILES string of the molecule is COc1ccccc1C(N)Cn1c(=O)c(-c2cccc(C(C)C)c2)c(C)n(Cc2c(F)cccc2C(F)(F)F)c1=O. The van der Waals surface area contributed by atoms with Gasteiger partial charge in [-0.3, -0.25) is 13.9 Å². The molecule has 0 saturated carbocycles. The Morgan fingerprint density at radius 1 is 0.951 bits per heavy atom. The van der Waals surface area contributed by atoms with Crippen LogP contribution in [0.15, 0.2) is 76.3 Å². The molecule has 6 nitrogen and oxygen atoms in total. The number of hydrogen-bond donors (Lipinski definition) is 1. The number of rotatable bonds is 8. The molecule has 41 heavy (non-hydrogen) atoms. The fraction of sp³-hybridized carbons (Fsp3) is 0.290. The van der Waals surface area contributed by atoms with Gasteiger partial charge >= 0.3 is 11.9 Å². The summed E-state index contributed by atoms with van der Waals surface area (Å²) >= 11 is 0. The van der Waals surface area contributed by atoms with Crippen molar-refractivity contribution in [3.63, 3.8) is 0 Å². The lowest BCUT2D eigenvalue weighted by molar-refractivity contribution is -0.138. The summed E-state index contributed by atoms with van der Waals surface area (Å²) in [5, 5.41) is 0. The van der Waals surface area contributed by atoms with E-state index in [9.17, 15) is 27.2 Å². The van der Waals surface area contributed by atoms with Crippen molar-refractivity contribution < 1.29 is 22.3 Å². The molecule has 1 atom stereocenters. The van der Waals surface area contributed by atoms with Crippen molar-refractivity contribution in [3.05, 3.63) is 121 Å². The maximum atomic E-state index is 14.9. The lowest BCUT2D eigenvalue weighted by Crippen LogP contribution is -2.44. The zero-order valence-electron chi connectivity index (χ0n) is 23.1. The molecule has 10 heteroatoms. The molecule has 0 amide bonds. The molecular formula is C31H31F4N3O3. The Hall–Kier alpha value is -4.18. The van der Waals surface area contributed by atoms with Gasteiger partial charge in [0.25, 0.3) is 5.56 Å². The molecule has 0 aliphatic carbocycles. The molecule has 1 heterocycles. The van der Waals surface area contributed by atoms with Crippen molar-refractivity contribution in [1.82, 2.24) is 9.13 Å². The predicted octanol–water partition coefficient (Wildman–Crippen LogP) is 6.02. The van der Waals surface area contributed by atoms with E-state index in [1.54, 1.807) is 42.5 Å². The predicted molar refractivity (Wildman–Crippen MR) is 150 cm³/mol. The third-order valence-electron chi connectivity index (χ3n) is 7.19. The fourth-order valence-electron chi connectivity index (χ4n) is 4.94. The largest absolute Gasteiger partial charge is 0.496 e. The number of ether oxygens (including phenoxy) is 1. The number of para-hydroxylation sites is 1. The van der Waals surface area contributed by atoms with Crippen LogP contribution in [0.5, 0.6) is 5.75 Å². The van der Waals surface area contributed by atoms with Crippen molar-refractivity contribution >= 4 is 0 Å². The number of nitrogens with two attached hydrogens (primary N) is 1. The topological polar surface area (TPSA) is 79.2 Å². The van der Waals surface area contributed by atoms with Crippen molar-refractivity contribution in [2.75, 3.05) is 7.11 Å². The van der Waals surface area contributed by atoms with Crippen molar-refractivity contribution in [3.8, 4) is 16.9 Å². The third-order valence-corrected chi connectivity index (χ3v) is 7.19. The zero-order valence-corrected chi connectivity index (χ0v) is 23.1. The van der Waals surface area contributed by atoms with E-state index < -0.39 is 47.0 Å². The first kappa shape index (κ1) is 29.8. The Balaban J connectivity index is 1.98. The summed E-state index contributed by atoms with van der Waals surface area (Å²) in [6.07, 6.45) is -4.86. The minimum Gasteiger partial charge on any atom is -0.496 e. The highest BCUT2D eigenvalue weighted by Gasteiger charge is 2.35. The summed E-state index contributed by atoms with van der Waals surface area (Å²) in [6, 6.07) is 15.8. The Kier molecular flexibility index (Phi) is 8.53. The summed E-state index contributed by atoms with van der Waals surface area (Å²) in [5.41, 5.74) is 5.15. The highest BCUT2D eigenvalue weighted by Crippen LogP contribution is 2.34. The number of hydrogen-bond acceptors (Lipinski definition) is 4. The Morgan fingerprint density at radius 3 is 2.29 bits per heavy atom. The maximum Gasteiger partial charge on any atom is 0.416 e. The van der Waals surface area contributed by atoms with Gasteiger partial charge in [-0.15, -0.1) is 0 Å². The van der Waals surface area contributed by atoms with E-state index in [4.69, 9.17) is 10.5 Å². The average molecular weight is 570 g/mol. The van der Waals surface area contributed by atoms with Crippen LogP contribution in [-0.2, 0) is 19.3 Å².